The van der Waals surface area contributed by atoms with Gasteiger partial charge in [-0.3, -0.25) is 0 Å². The average Bonchev–Trinajstić information content (AvgIpc) is 2.64. The number of aromatic nitrogens is 2. The Kier molecular flexibility index (Phi) is 3.97. The van der Waals surface area contributed by atoms with E-state index in [1.54, 1.807) is 0 Å². The fraction of sp³-hybridized carbons (Fsp3) is 0.467. The van der Waals surface area contributed by atoms with Crippen molar-refractivity contribution < 1.29 is 9.53 Å². The first kappa shape index (κ1) is 14.4. The van der Waals surface area contributed by atoms with Gasteiger partial charge in [0.05, 0.1) is 11.0 Å². The Balaban J connectivity index is 1.96. The minimum absolute atomic E-state index is 0.389. The molecule has 5 heteroatoms. The van der Waals surface area contributed by atoms with E-state index < -0.39 is 5.60 Å². The highest BCUT2D eigenvalue weighted by atomic mass is 16.6. The number of amides is 1. The number of fused-ring (bicyclic) bond motifs is 1. The summed E-state index contributed by atoms with van der Waals surface area (Å²) in [6, 6.07) is 7.97. The van der Waals surface area contributed by atoms with Gasteiger partial charge < -0.3 is 14.6 Å². The predicted octanol–water partition coefficient (Wildman–Crippen LogP) is 2.87. The summed E-state index contributed by atoms with van der Waals surface area (Å²) in [5.74, 6) is 0.942. The second kappa shape index (κ2) is 5.53. The van der Waals surface area contributed by atoms with E-state index in [9.17, 15) is 4.79 Å². The first-order chi connectivity index (χ1) is 9.37. The number of rotatable bonds is 3. The summed E-state index contributed by atoms with van der Waals surface area (Å²) in [5, 5.41) is 2.76. The number of hydrogen-bond donors (Lipinski definition) is 1. The highest BCUT2D eigenvalue weighted by molar-refractivity contribution is 5.75. The van der Waals surface area contributed by atoms with Crippen LogP contribution >= 0.6 is 0 Å². The first-order valence-corrected chi connectivity index (χ1v) is 6.75. The normalized spacial score (nSPS) is 11.6. The average molecular weight is 275 g/mol. The molecule has 5 nitrogen and oxygen atoms in total. The number of nitrogens with zero attached hydrogens (tertiary/aromatic N) is 2. The molecule has 0 atom stereocenters. The molecule has 108 valence electrons. The van der Waals surface area contributed by atoms with Crippen molar-refractivity contribution in [2.45, 2.75) is 39.8 Å². The highest BCUT2D eigenvalue weighted by Gasteiger charge is 2.15. The highest BCUT2D eigenvalue weighted by Crippen LogP contribution is 2.14. The third-order valence-corrected chi connectivity index (χ3v) is 2.85. The summed E-state index contributed by atoms with van der Waals surface area (Å²) in [5.41, 5.74) is 1.58. The molecule has 0 fully saturated rings. The Labute approximate surface area is 118 Å². The molecule has 0 radical (unpaired) electrons. The van der Waals surface area contributed by atoms with Crippen molar-refractivity contribution in [1.29, 1.82) is 0 Å². The fourth-order valence-electron chi connectivity index (χ4n) is 2.06. The van der Waals surface area contributed by atoms with E-state index in [0.717, 1.165) is 16.9 Å². The van der Waals surface area contributed by atoms with Gasteiger partial charge >= 0.3 is 6.09 Å². The number of aryl methyl sites for hydroxylation is 1. The van der Waals surface area contributed by atoms with Crippen molar-refractivity contribution in [3.05, 3.63) is 30.1 Å². The van der Waals surface area contributed by atoms with E-state index in [4.69, 9.17) is 4.74 Å². The third kappa shape index (κ3) is 3.50. The van der Waals surface area contributed by atoms with Crippen molar-refractivity contribution in [3.63, 3.8) is 0 Å². The number of benzene rings is 1. The van der Waals surface area contributed by atoms with Crippen LogP contribution < -0.4 is 5.32 Å². The SMILES string of the molecule is Cc1nc2ccccc2n1CCNC(=O)OC(C)(C)C. The zero-order chi connectivity index (χ0) is 14.8. The molecule has 2 aromatic rings. The molecule has 2 rings (SSSR count). The Hall–Kier alpha value is -2.04. The van der Waals surface area contributed by atoms with Crippen molar-refractivity contribution in [2.24, 2.45) is 0 Å². The molecule has 0 aliphatic carbocycles. The molecule has 1 aromatic heterocycles. The van der Waals surface area contributed by atoms with Gasteiger partial charge in [0.1, 0.15) is 11.4 Å². The quantitative estimate of drug-likeness (QED) is 0.937. The molecule has 1 heterocycles. The van der Waals surface area contributed by atoms with Gasteiger partial charge in [-0.2, -0.15) is 0 Å². The largest absolute Gasteiger partial charge is 0.444 e. The summed E-state index contributed by atoms with van der Waals surface area (Å²) in [4.78, 5) is 16.1. The number of nitrogens with one attached hydrogen (secondary N) is 1. The summed E-state index contributed by atoms with van der Waals surface area (Å²) < 4.78 is 7.29. The Morgan fingerprint density at radius 1 is 1.35 bits per heavy atom. The van der Waals surface area contributed by atoms with Gasteiger partial charge in [-0.1, -0.05) is 12.1 Å². The van der Waals surface area contributed by atoms with Crippen LogP contribution in [0.15, 0.2) is 24.3 Å². The zero-order valence-electron chi connectivity index (χ0n) is 12.4. The molecule has 0 saturated heterocycles. The third-order valence-electron chi connectivity index (χ3n) is 2.85. The van der Waals surface area contributed by atoms with E-state index in [1.165, 1.54) is 0 Å². The number of alkyl carbamates (subject to hydrolysis) is 1. The number of ether oxygens (including phenoxy) is 1. The van der Waals surface area contributed by atoms with Crippen LogP contribution in [0.1, 0.15) is 26.6 Å². The molecule has 1 N–H and O–H groups in total. The van der Waals surface area contributed by atoms with Gasteiger partial charge in [0.15, 0.2) is 0 Å². The van der Waals surface area contributed by atoms with Crippen LogP contribution in [0, 0.1) is 6.92 Å². The van der Waals surface area contributed by atoms with Gasteiger partial charge in [0, 0.05) is 13.1 Å². The number of imidazole rings is 1. The van der Waals surface area contributed by atoms with Gasteiger partial charge in [-0.25, -0.2) is 9.78 Å². The zero-order valence-corrected chi connectivity index (χ0v) is 12.4. The van der Waals surface area contributed by atoms with Crippen molar-refractivity contribution in [2.75, 3.05) is 6.54 Å². The van der Waals surface area contributed by atoms with Crippen molar-refractivity contribution in [1.82, 2.24) is 14.9 Å². The second-order valence-electron chi connectivity index (χ2n) is 5.73. The van der Waals surface area contributed by atoms with E-state index >= 15 is 0 Å². The molecule has 0 spiro atoms. The van der Waals surface area contributed by atoms with E-state index in [1.807, 2.05) is 52.0 Å². The molecular weight excluding hydrogens is 254 g/mol. The fourth-order valence-corrected chi connectivity index (χ4v) is 2.06. The summed E-state index contributed by atoms with van der Waals surface area (Å²) in [6.07, 6.45) is -0.389. The molecular formula is C15H21N3O2. The minimum Gasteiger partial charge on any atom is -0.444 e. The lowest BCUT2D eigenvalue weighted by atomic mass is 10.2. The minimum atomic E-state index is -0.471. The maximum Gasteiger partial charge on any atom is 0.407 e. The smallest absolute Gasteiger partial charge is 0.407 e. The second-order valence-corrected chi connectivity index (χ2v) is 5.73. The molecule has 0 bridgehead atoms. The topological polar surface area (TPSA) is 56.2 Å². The van der Waals surface area contributed by atoms with Crippen LogP contribution in [-0.2, 0) is 11.3 Å². The number of para-hydroxylation sites is 2. The van der Waals surface area contributed by atoms with E-state index in [0.29, 0.717) is 13.1 Å². The Morgan fingerprint density at radius 2 is 2.05 bits per heavy atom. The number of carbonyl (C=O) groups excluding carboxylic acids is 1. The van der Waals surface area contributed by atoms with Gasteiger partial charge in [-0.15, -0.1) is 0 Å². The molecule has 1 amide bonds. The lowest BCUT2D eigenvalue weighted by Gasteiger charge is -2.19. The van der Waals surface area contributed by atoms with E-state index in [-0.39, 0.29) is 6.09 Å². The maximum atomic E-state index is 11.6. The van der Waals surface area contributed by atoms with Crippen LogP contribution in [0.4, 0.5) is 4.79 Å². The molecule has 1 aromatic carbocycles. The number of hydrogen-bond acceptors (Lipinski definition) is 3. The summed E-state index contributed by atoms with van der Waals surface area (Å²) in [6.45, 7) is 8.69. The maximum absolute atomic E-state index is 11.6. The van der Waals surface area contributed by atoms with Crippen LogP contribution in [0.3, 0.4) is 0 Å². The lowest BCUT2D eigenvalue weighted by molar-refractivity contribution is 0.0526. The van der Waals surface area contributed by atoms with Gasteiger partial charge in [0.2, 0.25) is 0 Å². The van der Waals surface area contributed by atoms with Crippen molar-refractivity contribution in [3.8, 4) is 0 Å². The summed E-state index contributed by atoms with van der Waals surface area (Å²) in [7, 11) is 0. The van der Waals surface area contributed by atoms with Gasteiger partial charge in [-0.05, 0) is 39.8 Å². The Bertz CT molecular complexity index is 611. The van der Waals surface area contributed by atoms with Crippen LogP contribution in [0.5, 0.6) is 0 Å². The van der Waals surface area contributed by atoms with Crippen LogP contribution in [0.2, 0.25) is 0 Å². The van der Waals surface area contributed by atoms with Gasteiger partial charge in [0.25, 0.3) is 0 Å². The molecule has 20 heavy (non-hydrogen) atoms. The monoisotopic (exact) mass is 275 g/mol. The standard InChI is InChI=1S/C15H21N3O2/c1-11-17-12-7-5-6-8-13(12)18(11)10-9-16-14(19)20-15(2,3)4/h5-8H,9-10H2,1-4H3,(H,16,19). The van der Waals surface area contributed by atoms with Crippen LogP contribution in [-0.4, -0.2) is 27.8 Å². The predicted molar refractivity (Wildman–Crippen MR) is 78.7 cm³/mol. The number of carbonyl (C=O) groups is 1. The molecule has 0 aliphatic heterocycles. The molecule has 0 unspecified atom stereocenters. The summed E-state index contributed by atoms with van der Waals surface area (Å²) >= 11 is 0. The lowest BCUT2D eigenvalue weighted by Crippen LogP contribution is -2.34. The first-order valence-electron chi connectivity index (χ1n) is 6.75. The van der Waals surface area contributed by atoms with E-state index in [2.05, 4.69) is 14.9 Å². The van der Waals surface area contributed by atoms with Crippen molar-refractivity contribution >= 4 is 17.1 Å². The van der Waals surface area contributed by atoms with Crippen LogP contribution in [0.25, 0.3) is 11.0 Å². The molecule has 0 aliphatic rings. The Morgan fingerprint density at radius 3 is 2.75 bits per heavy atom. The molecule has 0 saturated carbocycles.